The Hall–Kier alpha value is -2.18. The maximum Gasteiger partial charge on any atom is 0.251 e. The molecule has 0 unspecified atom stereocenters. The van der Waals surface area contributed by atoms with Gasteiger partial charge in [-0.3, -0.25) is 9.69 Å². The van der Waals surface area contributed by atoms with Gasteiger partial charge in [0.25, 0.3) is 5.56 Å². The van der Waals surface area contributed by atoms with Crippen LogP contribution in [0.1, 0.15) is 31.5 Å². The number of benzene rings is 1. The molecule has 6 nitrogen and oxygen atoms in total. The van der Waals surface area contributed by atoms with Gasteiger partial charge in [0.05, 0.1) is 12.2 Å². The fourth-order valence-corrected chi connectivity index (χ4v) is 3.28. The zero-order valence-corrected chi connectivity index (χ0v) is 16.6. The van der Waals surface area contributed by atoms with Crippen molar-refractivity contribution in [1.82, 2.24) is 19.8 Å². The van der Waals surface area contributed by atoms with Gasteiger partial charge in [-0.2, -0.15) is 0 Å². The molecular weight excluding hydrogens is 340 g/mol. The third-order valence-corrected chi connectivity index (χ3v) is 4.92. The van der Waals surface area contributed by atoms with E-state index in [-0.39, 0.29) is 5.56 Å². The Labute approximate surface area is 161 Å². The number of aromatic amines is 1. The summed E-state index contributed by atoms with van der Waals surface area (Å²) in [5.41, 5.74) is 2.74. The molecule has 1 N–H and O–H groups in total. The molecule has 0 atom stereocenters. The molecule has 1 aliphatic rings. The Morgan fingerprint density at radius 1 is 1.15 bits per heavy atom. The van der Waals surface area contributed by atoms with Crippen LogP contribution in [0.3, 0.4) is 0 Å². The van der Waals surface area contributed by atoms with Crippen molar-refractivity contribution in [3.8, 4) is 17.1 Å². The molecule has 1 fully saturated rings. The number of likely N-dealkylation sites (N-methyl/N-ethyl adjacent to an activating group) is 1. The van der Waals surface area contributed by atoms with Crippen LogP contribution in [0.25, 0.3) is 11.4 Å². The van der Waals surface area contributed by atoms with E-state index in [1.807, 2.05) is 13.0 Å². The number of ether oxygens (including phenoxy) is 1. The van der Waals surface area contributed by atoms with Gasteiger partial charge in [-0.05, 0) is 37.6 Å². The van der Waals surface area contributed by atoms with Crippen molar-refractivity contribution in [2.45, 2.75) is 33.2 Å². The molecule has 2 aromatic rings. The van der Waals surface area contributed by atoms with E-state index in [9.17, 15) is 4.79 Å². The molecule has 1 aromatic heterocycles. The highest BCUT2D eigenvalue weighted by atomic mass is 16.5. The van der Waals surface area contributed by atoms with Crippen LogP contribution < -0.4 is 10.3 Å². The summed E-state index contributed by atoms with van der Waals surface area (Å²) >= 11 is 0. The number of aryl methyl sites for hydroxylation is 1. The fourth-order valence-electron chi connectivity index (χ4n) is 3.28. The van der Waals surface area contributed by atoms with Crippen molar-refractivity contribution in [3.63, 3.8) is 0 Å². The lowest BCUT2D eigenvalue weighted by atomic mass is 10.1. The molecule has 0 bridgehead atoms. The van der Waals surface area contributed by atoms with Gasteiger partial charge in [-0.15, -0.1) is 0 Å². The molecule has 1 aromatic carbocycles. The Morgan fingerprint density at radius 3 is 2.63 bits per heavy atom. The molecule has 6 heteroatoms. The monoisotopic (exact) mass is 370 g/mol. The minimum atomic E-state index is -0.122. The SMILES string of the molecule is CCCOc1ccc(CN2CCN(C)CC2)cc1-c1nc(CC)cc(=O)[nH]1. The first-order valence-corrected chi connectivity index (χ1v) is 9.86. The molecule has 0 spiro atoms. The number of nitrogens with one attached hydrogen (secondary N) is 1. The van der Waals surface area contributed by atoms with Gasteiger partial charge < -0.3 is 14.6 Å². The average Bonchev–Trinajstić information content (AvgIpc) is 2.68. The normalized spacial score (nSPS) is 15.8. The van der Waals surface area contributed by atoms with Gasteiger partial charge in [-0.25, -0.2) is 4.98 Å². The van der Waals surface area contributed by atoms with E-state index in [4.69, 9.17) is 4.74 Å². The molecule has 0 radical (unpaired) electrons. The second-order valence-corrected chi connectivity index (χ2v) is 7.20. The van der Waals surface area contributed by atoms with E-state index in [1.165, 1.54) is 5.56 Å². The predicted molar refractivity (Wildman–Crippen MR) is 108 cm³/mol. The van der Waals surface area contributed by atoms with Crippen molar-refractivity contribution < 1.29 is 4.74 Å². The largest absolute Gasteiger partial charge is 0.493 e. The lowest BCUT2D eigenvalue weighted by Crippen LogP contribution is -2.43. The van der Waals surface area contributed by atoms with E-state index in [1.54, 1.807) is 6.07 Å². The third-order valence-electron chi connectivity index (χ3n) is 4.92. The third kappa shape index (κ3) is 5.17. The highest BCUT2D eigenvalue weighted by Crippen LogP contribution is 2.29. The van der Waals surface area contributed by atoms with Crippen molar-refractivity contribution in [3.05, 3.63) is 45.9 Å². The lowest BCUT2D eigenvalue weighted by molar-refractivity contribution is 0.148. The van der Waals surface area contributed by atoms with Crippen LogP contribution in [-0.4, -0.2) is 59.6 Å². The van der Waals surface area contributed by atoms with Crippen molar-refractivity contribution in [2.24, 2.45) is 0 Å². The first kappa shape index (κ1) is 19.6. The van der Waals surface area contributed by atoms with Gasteiger partial charge >= 0.3 is 0 Å². The van der Waals surface area contributed by atoms with Crippen LogP contribution in [0, 0.1) is 0 Å². The van der Waals surface area contributed by atoms with Gasteiger partial charge in [0.2, 0.25) is 0 Å². The summed E-state index contributed by atoms with van der Waals surface area (Å²) in [5.74, 6) is 1.36. The van der Waals surface area contributed by atoms with Crippen LogP contribution in [0.15, 0.2) is 29.1 Å². The van der Waals surface area contributed by atoms with E-state index in [0.29, 0.717) is 12.4 Å². The molecule has 1 aliphatic heterocycles. The summed E-state index contributed by atoms with van der Waals surface area (Å²) in [7, 11) is 2.16. The Morgan fingerprint density at radius 2 is 1.93 bits per heavy atom. The Bertz CT molecular complexity index is 810. The second kappa shape index (κ2) is 9.15. The molecule has 2 heterocycles. The Kier molecular flexibility index (Phi) is 6.63. The van der Waals surface area contributed by atoms with Crippen LogP contribution in [0.4, 0.5) is 0 Å². The fraction of sp³-hybridized carbons (Fsp3) is 0.524. The van der Waals surface area contributed by atoms with E-state index in [2.05, 4.69) is 45.9 Å². The first-order valence-electron chi connectivity index (χ1n) is 9.86. The molecule has 1 saturated heterocycles. The second-order valence-electron chi connectivity index (χ2n) is 7.20. The zero-order chi connectivity index (χ0) is 19.2. The highest BCUT2D eigenvalue weighted by Gasteiger charge is 2.16. The lowest BCUT2D eigenvalue weighted by Gasteiger charge is -2.32. The summed E-state index contributed by atoms with van der Waals surface area (Å²) in [6.45, 7) is 9.95. The molecular formula is C21H30N4O2. The molecule has 0 saturated carbocycles. The Balaban J connectivity index is 1.91. The standard InChI is InChI=1S/C21H30N4O2/c1-4-12-27-19-7-6-16(15-25-10-8-24(3)9-11-25)13-18(19)21-22-17(5-2)14-20(26)23-21/h6-7,13-14H,4-5,8-12,15H2,1-3H3,(H,22,23,26). The zero-order valence-electron chi connectivity index (χ0n) is 16.6. The van der Waals surface area contributed by atoms with Gasteiger partial charge in [0, 0.05) is 44.5 Å². The average molecular weight is 370 g/mol. The van der Waals surface area contributed by atoms with E-state index < -0.39 is 0 Å². The topological polar surface area (TPSA) is 61.5 Å². The minimum absolute atomic E-state index is 0.122. The van der Waals surface area contributed by atoms with Crippen molar-refractivity contribution in [2.75, 3.05) is 39.8 Å². The van der Waals surface area contributed by atoms with Crippen LogP contribution in [0.2, 0.25) is 0 Å². The first-order chi connectivity index (χ1) is 13.1. The smallest absolute Gasteiger partial charge is 0.251 e. The van der Waals surface area contributed by atoms with Gasteiger partial charge in [0.15, 0.2) is 0 Å². The maximum atomic E-state index is 12.1. The number of rotatable bonds is 7. The number of hydrogen-bond acceptors (Lipinski definition) is 5. The van der Waals surface area contributed by atoms with Crippen LogP contribution in [0.5, 0.6) is 5.75 Å². The van der Waals surface area contributed by atoms with Crippen molar-refractivity contribution >= 4 is 0 Å². The maximum absolute atomic E-state index is 12.1. The molecule has 3 rings (SSSR count). The van der Waals surface area contributed by atoms with E-state index >= 15 is 0 Å². The quantitative estimate of drug-likeness (QED) is 0.812. The molecule has 146 valence electrons. The molecule has 0 amide bonds. The summed E-state index contributed by atoms with van der Waals surface area (Å²) in [4.78, 5) is 24.4. The summed E-state index contributed by atoms with van der Waals surface area (Å²) in [6.07, 6.45) is 1.66. The number of piperazine rings is 1. The molecule has 27 heavy (non-hydrogen) atoms. The highest BCUT2D eigenvalue weighted by molar-refractivity contribution is 5.65. The summed E-state index contributed by atoms with van der Waals surface area (Å²) in [6, 6.07) is 7.80. The van der Waals surface area contributed by atoms with E-state index in [0.717, 1.165) is 62.6 Å². The number of aromatic nitrogens is 2. The molecule has 0 aliphatic carbocycles. The number of hydrogen-bond donors (Lipinski definition) is 1. The predicted octanol–water partition coefficient (Wildman–Crippen LogP) is 2.54. The summed E-state index contributed by atoms with van der Waals surface area (Å²) in [5, 5.41) is 0. The van der Waals surface area contributed by atoms with Crippen molar-refractivity contribution in [1.29, 1.82) is 0 Å². The van der Waals surface area contributed by atoms with Gasteiger partial charge in [0.1, 0.15) is 11.6 Å². The number of H-pyrrole nitrogens is 1. The van der Waals surface area contributed by atoms with Crippen LogP contribution >= 0.6 is 0 Å². The summed E-state index contributed by atoms with van der Waals surface area (Å²) < 4.78 is 5.93. The number of nitrogens with zero attached hydrogens (tertiary/aromatic N) is 3. The minimum Gasteiger partial charge on any atom is -0.493 e. The van der Waals surface area contributed by atoms with Gasteiger partial charge in [-0.1, -0.05) is 19.9 Å². The van der Waals surface area contributed by atoms with Crippen LogP contribution in [-0.2, 0) is 13.0 Å².